The van der Waals surface area contributed by atoms with Crippen molar-refractivity contribution >= 4 is 29.0 Å². The van der Waals surface area contributed by atoms with Crippen LogP contribution in [-0.2, 0) is 4.79 Å². The van der Waals surface area contributed by atoms with Crippen molar-refractivity contribution in [1.82, 2.24) is 9.97 Å². The van der Waals surface area contributed by atoms with Gasteiger partial charge in [-0.2, -0.15) is 0 Å². The molecule has 0 amide bonds. The minimum Gasteiger partial charge on any atom is -0.426 e. The molecule has 0 aliphatic carbocycles. The lowest BCUT2D eigenvalue weighted by molar-refractivity contribution is -0.131. The normalized spacial score (nSPS) is 11.0. The van der Waals surface area contributed by atoms with Gasteiger partial charge < -0.3 is 9.72 Å². The summed E-state index contributed by atoms with van der Waals surface area (Å²) in [6, 6.07) is 14.3. The average Bonchev–Trinajstić information content (AvgIpc) is 2.54. The summed E-state index contributed by atoms with van der Waals surface area (Å²) >= 11 is 0. The molecule has 1 aromatic heterocycles. The Labute approximate surface area is 132 Å². The fourth-order valence-corrected chi connectivity index (χ4v) is 2.22. The minimum absolute atomic E-state index is 0.191. The molecule has 23 heavy (non-hydrogen) atoms. The SMILES string of the molecule is CC(=O)Oc1ccccc1C=Cc1nc2ccccc2c(=O)[nH]1. The van der Waals surface area contributed by atoms with Gasteiger partial charge in [-0.1, -0.05) is 30.3 Å². The van der Waals surface area contributed by atoms with Crippen molar-refractivity contribution in [3.63, 3.8) is 0 Å². The van der Waals surface area contributed by atoms with Crippen molar-refractivity contribution in [1.29, 1.82) is 0 Å². The van der Waals surface area contributed by atoms with Gasteiger partial charge in [0.1, 0.15) is 11.6 Å². The van der Waals surface area contributed by atoms with Crippen molar-refractivity contribution in [2.45, 2.75) is 6.92 Å². The van der Waals surface area contributed by atoms with Gasteiger partial charge in [-0.15, -0.1) is 0 Å². The number of H-pyrrole nitrogens is 1. The number of ether oxygens (including phenoxy) is 1. The Balaban J connectivity index is 1.98. The fraction of sp³-hybridized carbons (Fsp3) is 0.0556. The molecular weight excluding hydrogens is 292 g/mol. The number of carbonyl (C=O) groups is 1. The van der Waals surface area contributed by atoms with E-state index in [1.807, 2.05) is 18.2 Å². The lowest BCUT2D eigenvalue weighted by Crippen LogP contribution is -2.09. The van der Waals surface area contributed by atoms with Gasteiger partial charge in [0.25, 0.3) is 5.56 Å². The molecule has 3 aromatic rings. The Morgan fingerprint density at radius 3 is 2.65 bits per heavy atom. The molecule has 0 fully saturated rings. The van der Waals surface area contributed by atoms with Crippen LogP contribution in [0.1, 0.15) is 18.3 Å². The van der Waals surface area contributed by atoms with Crippen molar-refractivity contribution in [3.05, 3.63) is 70.3 Å². The summed E-state index contributed by atoms with van der Waals surface area (Å²) in [7, 11) is 0. The quantitative estimate of drug-likeness (QED) is 0.596. The molecule has 1 N–H and O–H groups in total. The standard InChI is InChI=1S/C18H14N2O3/c1-12(21)23-16-9-5-2-6-13(16)10-11-17-19-15-8-4-3-7-14(15)18(22)20-17/h2-11H,1H3,(H,19,20,22). The maximum Gasteiger partial charge on any atom is 0.308 e. The smallest absolute Gasteiger partial charge is 0.308 e. The van der Waals surface area contributed by atoms with E-state index in [0.29, 0.717) is 22.5 Å². The molecule has 1 heterocycles. The number of benzene rings is 2. The van der Waals surface area contributed by atoms with Gasteiger partial charge in [-0.25, -0.2) is 4.98 Å². The largest absolute Gasteiger partial charge is 0.426 e. The number of rotatable bonds is 3. The van der Waals surface area contributed by atoms with Crippen molar-refractivity contribution < 1.29 is 9.53 Å². The van der Waals surface area contributed by atoms with Crippen LogP contribution >= 0.6 is 0 Å². The molecule has 0 bridgehead atoms. The van der Waals surface area contributed by atoms with E-state index in [2.05, 4.69) is 9.97 Å². The molecular formula is C18H14N2O3. The number of nitrogens with one attached hydrogen (secondary N) is 1. The predicted molar refractivity (Wildman–Crippen MR) is 89.0 cm³/mol. The van der Waals surface area contributed by atoms with E-state index in [1.165, 1.54) is 6.92 Å². The Morgan fingerprint density at radius 1 is 1.09 bits per heavy atom. The number of aromatic nitrogens is 2. The van der Waals surface area contributed by atoms with Crippen molar-refractivity contribution in [3.8, 4) is 5.75 Å². The summed E-state index contributed by atoms with van der Waals surface area (Å²) in [4.78, 5) is 30.3. The van der Waals surface area contributed by atoms with Crippen LogP contribution in [0.2, 0.25) is 0 Å². The number of fused-ring (bicyclic) bond motifs is 1. The highest BCUT2D eigenvalue weighted by Crippen LogP contribution is 2.20. The number of aromatic amines is 1. The third kappa shape index (κ3) is 3.35. The minimum atomic E-state index is -0.386. The monoisotopic (exact) mass is 306 g/mol. The molecule has 0 spiro atoms. The van der Waals surface area contributed by atoms with E-state index in [4.69, 9.17) is 4.74 Å². The molecule has 5 heteroatoms. The molecule has 0 atom stereocenters. The Kier molecular flexibility index (Phi) is 4.01. The van der Waals surface area contributed by atoms with Crippen LogP contribution in [-0.4, -0.2) is 15.9 Å². The summed E-state index contributed by atoms with van der Waals surface area (Å²) in [6.07, 6.45) is 3.42. The third-order valence-corrected chi connectivity index (χ3v) is 3.22. The number of carbonyl (C=O) groups excluding carboxylic acids is 1. The Hall–Kier alpha value is -3.21. The van der Waals surface area contributed by atoms with E-state index in [0.717, 1.165) is 5.56 Å². The molecule has 3 rings (SSSR count). The predicted octanol–water partition coefficient (Wildman–Crippen LogP) is 3.02. The highest BCUT2D eigenvalue weighted by atomic mass is 16.5. The van der Waals surface area contributed by atoms with Crippen molar-refractivity contribution in [2.75, 3.05) is 0 Å². The zero-order chi connectivity index (χ0) is 16.2. The van der Waals surface area contributed by atoms with Gasteiger partial charge in [-0.05, 0) is 30.4 Å². The first-order valence-electron chi connectivity index (χ1n) is 7.08. The lowest BCUT2D eigenvalue weighted by atomic mass is 10.2. The number of hydrogen-bond acceptors (Lipinski definition) is 4. The van der Waals surface area contributed by atoms with E-state index >= 15 is 0 Å². The van der Waals surface area contributed by atoms with Gasteiger partial charge in [0.15, 0.2) is 0 Å². The molecule has 114 valence electrons. The first-order valence-corrected chi connectivity index (χ1v) is 7.08. The zero-order valence-electron chi connectivity index (χ0n) is 12.4. The molecule has 5 nitrogen and oxygen atoms in total. The fourth-order valence-electron chi connectivity index (χ4n) is 2.22. The maximum atomic E-state index is 12.0. The van der Waals surface area contributed by atoms with E-state index in [-0.39, 0.29) is 11.5 Å². The van der Waals surface area contributed by atoms with Crippen LogP contribution in [0, 0.1) is 0 Å². The lowest BCUT2D eigenvalue weighted by Gasteiger charge is -2.04. The summed E-state index contributed by atoms with van der Waals surface area (Å²) in [5.74, 6) is 0.508. The van der Waals surface area contributed by atoms with Crippen LogP contribution < -0.4 is 10.3 Å². The van der Waals surface area contributed by atoms with E-state index in [9.17, 15) is 9.59 Å². The van der Waals surface area contributed by atoms with Gasteiger partial charge in [0.05, 0.1) is 10.9 Å². The van der Waals surface area contributed by atoms with E-state index in [1.54, 1.807) is 42.5 Å². The number of hydrogen-bond donors (Lipinski definition) is 1. The molecule has 0 saturated heterocycles. The first kappa shape index (κ1) is 14.7. The highest BCUT2D eigenvalue weighted by Gasteiger charge is 2.04. The van der Waals surface area contributed by atoms with Gasteiger partial charge in [-0.3, -0.25) is 9.59 Å². The highest BCUT2D eigenvalue weighted by molar-refractivity contribution is 5.79. The van der Waals surface area contributed by atoms with E-state index < -0.39 is 0 Å². The molecule has 0 radical (unpaired) electrons. The van der Waals surface area contributed by atoms with Gasteiger partial charge in [0.2, 0.25) is 0 Å². The summed E-state index contributed by atoms with van der Waals surface area (Å²) in [5, 5.41) is 0.546. The second kappa shape index (κ2) is 6.27. The van der Waals surface area contributed by atoms with Gasteiger partial charge in [0, 0.05) is 12.5 Å². The Morgan fingerprint density at radius 2 is 1.83 bits per heavy atom. The van der Waals surface area contributed by atoms with Crippen molar-refractivity contribution in [2.24, 2.45) is 0 Å². The first-order chi connectivity index (χ1) is 11.1. The van der Waals surface area contributed by atoms with Crippen LogP contribution in [0.4, 0.5) is 0 Å². The molecule has 0 saturated carbocycles. The summed E-state index contributed by atoms with van der Waals surface area (Å²) in [5.41, 5.74) is 1.16. The Bertz CT molecular complexity index is 958. The molecule has 0 aliphatic heterocycles. The molecule has 0 aliphatic rings. The number of nitrogens with zero attached hydrogens (tertiary/aromatic N) is 1. The van der Waals surface area contributed by atoms with Crippen LogP contribution in [0.15, 0.2) is 53.3 Å². The summed E-state index contributed by atoms with van der Waals surface area (Å²) in [6.45, 7) is 1.35. The second-order valence-electron chi connectivity index (χ2n) is 4.93. The maximum absolute atomic E-state index is 12.0. The third-order valence-electron chi connectivity index (χ3n) is 3.22. The molecule has 0 unspecified atom stereocenters. The zero-order valence-corrected chi connectivity index (χ0v) is 12.4. The summed E-state index contributed by atoms with van der Waals surface area (Å²) < 4.78 is 5.15. The molecule has 2 aromatic carbocycles. The van der Waals surface area contributed by atoms with Gasteiger partial charge >= 0.3 is 5.97 Å². The topological polar surface area (TPSA) is 72.0 Å². The second-order valence-corrected chi connectivity index (χ2v) is 4.93. The number of esters is 1. The van der Waals surface area contributed by atoms with Crippen LogP contribution in [0.5, 0.6) is 5.75 Å². The van der Waals surface area contributed by atoms with Crippen LogP contribution in [0.3, 0.4) is 0 Å². The average molecular weight is 306 g/mol. The number of para-hydroxylation sites is 2. The van der Waals surface area contributed by atoms with Crippen LogP contribution in [0.25, 0.3) is 23.1 Å².